The number of rotatable bonds is 5. The molecule has 1 heterocycles. The molecule has 2 aliphatic rings. The van der Waals surface area contributed by atoms with Gasteiger partial charge in [-0.1, -0.05) is 19.9 Å². The zero-order valence-corrected chi connectivity index (χ0v) is 15.0. The zero-order chi connectivity index (χ0) is 18.2. The molecule has 136 valence electrons. The number of nitrogens with two attached hydrogens (primary N) is 1. The Morgan fingerprint density at radius 3 is 2.84 bits per heavy atom. The number of hydrogen-bond acceptors (Lipinski definition) is 4. The van der Waals surface area contributed by atoms with E-state index in [1.165, 1.54) is 0 Å². The van der Waals surface area contributed by atoms with Crippen molar-refractivity contribution in [2.75, 3.05) is 29.9 Å². The van der Waals surface area contributed by atoms with Crippen LogP contribution in [0.1, 0.15) is 27.2 Å². The molecule has 1 aliphatic carbocycles. The molecule has 1 saturated heterocycles. The zero-order valence-electron chi connectivity index (χ0n) is 15.0. The van der Waals surface area contributed by atoms with Gasteiger partial charge in [0.05, 0.1) is 6.10 Å². The first kappa shape index (κ1) is 17.7. The molecule has 7 heteroatoms. The van der Waals surface area contributed by atoms with Crippen molar-refractivity contribution >= 4 is 23.3 Å². The standard InChI is InChI=1S/C18H26N4O3/c1-4-25-14-11-18(19,17(14,2)3)15(23)21-12-6-5-7-13(10-12)22-9-8-20-16(22)24/h5-7,10,14H,4,8-9,11,19H2,1-3H3,(H,20,24)(H,21,23). The summed E-state index contributed by atoms with van der Waals surface area (Å²) in [6.45, 7) is 7.69. The van der Waals surface area contributed by atoms with Crippen LogP contribution in [0.5, 0.6) is 0 Å². The van der Waals surface area contributed by atoms with Gasteiger partial charge in [-0.15, -0.1) is 0 Å². The van der Waals surface area contributed by atoms with Crippen LogP contribution >= 0.6 is 0 Å². The maximum atomic E-state index is 12.8. The Balaban J connectivity index is 1.72. The number of carbonyl (C=O) groups is 2. The molecule has 0 radical (unpaired) electrons. The van der Waals surface area contributed by atoms with Gasteiger partial charge in [0.15, 0.2) is 0 Å². The fraction of sp³-hybridized carbons (Fsp3) is 0.556. The molecule has 1 aromatic rings. The highest BCUT2D eigenvalue weighted by Gasteiger charge is 2.62. The quantitative estimate of drug-likeness (QED) is 0.756. The summed E-state index contributed by atoms with van der Waals surface area (Å²) in [7, 11) is 0. The maximum Gasteiger partial charge on any atom is 0.321 e. The summed E-state index contributed by atoms with van der Waals surface area (Å²) in [5, 5.41) is 5.67. The van der Waals surface area contributed by atoms with E-state index in [4.69, 9.17) is 10.5 Å². The molecule has 1 aromatic carbocycles. The second kappa shape index (κ2) is 6.31. The van der Waals surface area contributed by atoms with Crippen molar-refractivity contribution in [1.29, 1.82) is 0 Å². The second-order valence-electron chi connectivity index (χ2n) is 7.23. The van der Waals surface area contributed by atoms with Gasteiger partial charge in [0, 0.05) is 42.9 Å². The highest BCUT2D eigenvalue weighted by atomic mass is 16.5. The third-order valence-corrected chi connectivity index (χ3v) is 5.51. The van der Waals surface area contributed by atoms with E-state index in [0.29, 0.717) is 31.8 Å². The number of nitrogens with zero attached hydrogens (tertiary/aromatic N) is 1. The summed E-state index contributed by atoms with van der Waals surface area (Å²) in [6, 6.07) is 7.12. The molecule has 3 amide bonds. The van der Waals surface area contributed by atoms with Gasteiger partial charge in [-0.3, -0.25) is 9.69 Å². The van der Waals surface area contributed by atoms with Gasteiger partial charge < -0.3 is 21.1 Å². The van der Waals surface area contributed by atoms with E-state index in [1.807, 2.05) is 32.9 Å². The Morgan fingerprint density at radius 2 is 2.24 bits per heavy atom. The highest BCUT2D eigenvalue weighted by molar-refractivity contribution is 6.01. The van der Waals surface area contributed by atoms with Crippen LogP contribution in [-0.2, 0) is 9.53 Å². The lowest BCUT2D eigenvalue weighted by molar-refractivity contribution is -0.166. The molecule has 3 rings (SSSR count). The smallest absolute Gasteiger partial charge is 0.321 e. The van der Waals surface area contributed by atoms with Crippen molar-refractivity contribution < 1.29 is 14.3 Å². The van der Waals surface area contributed by atoms with E-state index in [9.17, 15) is 9.59 Å². The van der Waals surface area contributed by atoms with Gasteiger partial charge in [-0.05, 0) is 25.1 Å². The molecule has 25 heavy (non-hydrogen) atoms. The summed E-state index contributed by atoms with van der Waals surface area (Å²) in [5.74, 6) is -0.225. The van der Waals surface area contributed by atoms with Gasteiger partial charge in [-0.2, -0.15) is 0 Å². The molecule has 1 saturated carbocycles. The summed E-state index contributed by atoms with van der Waals surface area (Å²) >= 11 is 0. The fourth-order valence-corrected chi connectivity index (χ4v) is 3.53. The van der Waals surface area contributed by atoms with Crippen molar-refractivity contribution in [3.63, 3.8) is 0 Å². The number of carbonyl (C=O) groups excluding carboxylic acids is 2. The number of anilines is 2. The minimum absolute atomic E-state index is 0.0205. The van der Waals surface area contributed by atoms with Crippen LogP contribution in [0.4, 0.5) is 16.2 Å². The van der Waals surface area contributed by atoms with Gasteiger partial charge in [-0.25, -0.2) is 4.79 Å². The molecule has 0 spiro atoms. The third kappa shape index (κ3) is 2.87. The minimum atomic E-state index is -0.978. The molecule has 0 bridgehead atoms. The first-order valence-corrected chi connectivity index (χ1v) is 8.67. The first-order valence-electron chi connectivity index (χ1n) is 8.67. The number of benzene rings is 1. The van der Waals surface area contributed by atoms with E-state index in [0.717, 1.165) is 5.69 Å². The van der Waals surface area contributed by atoms with Gasteiger partial charge in [0.2, 0.25) is 5.91 Å². The highest BCUT2D eigenvalue weighted by Crippen LogP contribution is 2.50. The molecule has 2 atom stereocenters. The predicted molar refractivity (Wildman–Crippen MR) is 96.5 cm³/mol. The van der Waals surface area contributed by atoms with Crippen molar-refractivity contribution in [3.8, 4) is 0 Å². The van der Waals surface area contributed by atoms with Crippen LogP contribution in [0.3, 0.4) is 0 Å². The Hall–Kier alpha value is -2.12. The summed E-state index contributed by atoms with van der Waals surface area (Å²) in [4.78, 5) is 26.2. The number of ether oxygens (including phenoxy) is 1. The molecular formula is C18H26N4O3. The second-order valence-corrected chi connectivity index (χ2v) is 7.23. The lowest BCUT2D eigenvalue weighted by atomic mass is 9.54. The van der Waals surface area contributed by atoms with Gasteiger partial charge in [0.25, 0.3) is 0 Å². The summed E-state index contributed by atoms with van der Waals surface area (Å²) in [6.07, 6.45) is 0.473. The summed E-state index contributed by atoms with van der Waals surface area (Å²) < 4.78 is 5.68. The Morgan fingerprint density at radius 1 is 1.48 bits per heavy atom. The predicted octanol–water partition coefficient (Wildman–Crippen LogP) is 1.69. The normalized spacial score (nSPS) is 27.6. The van der Waals surface area contributed by atoms with Gasteiger partial charge in [0.1, 0.15) is 5.54 Å². The molecule has 0 aromatic heterocycles. The Labute approximate surface area is 147 Å². The van der Waals surface area contributed by atoms with Crippen molar-refractivity contribution in [2.24, 2.45) is 11.1 Å². The lowest BCUT2D eigenvalue weighted by Crippen LogP contribution is -2.74. The average Bonchev–Trinajstić information content (AvgIpc) is 3.00. The Kier molecular flexibility index (Phi) is 4.47. The number of amides is 3. The first-order chi connectivity index (χ1) is 11.8. The lowest BCUT2D eigenvalue weighted by Gasteiger charge is -2.57. The largest absolute Gasteiger partial charge is 0.378 e. The molecule has 1 aliphatic heterocycles. The molecule has 4 N–H and O–H groups in total. The van der Waals surface area contributed by atoms with Crippen LogP contribution in [0, 0.1) is 5.41 Å². The summed E-state index contributed by atoms with van der Waals surface area (Å²) in [5.41, 5.74) is 6.36. The van der Waals surface area contributed by atoms with E-state index in [1.54, 1.807) is 17.0 Å². The SMILES string of the molecule is CCOC1CC(N)(C(=O)Nc2cccc(N3CCNC3=O)c2)C1(C)C. The molecule has 2 unspecified atom stereocenters. The Bertz CT molecular complexity index is 691. The number of hydrogen-bond donors (Lipinski definition) is 3. The van der Waals surface area contributed by atoms with E-state index < -0.39 is 11.0 Å². The van der Waals surface area contributed by atoms with Crippen LogP contribution in [-0.4, -0.2) is 43.3 Å². The van der Waals surface area contributed by atoms with Crippen LogP contribution < -0.4 is 21.3 Å². The third-order valence-electron chi connectivity index (χ3n) is 5.51. The monoisotopic (exact) mass is 346 g/mol. The topological polar surface area (TPSA) is 96.7 Å². The van der Waals surface area contributed by atoms with Crippen LogP contribution in [0.2, 0.25) is 0 Å². The maximum absolute atomic E-state index is 12.8. The van der Waals surface area contributed by atoms with E-state index in [2.05, 4.69) is 10.6 Å². The van der Waals surface area contributed by atoms with Gasteiger partial charge >= 0.3 is 6.03 Å². The van der Waals surface area contributed by atoms with Crippen molar-refractivity contribution in [1.82, 2.24) is 5.32 Å². The average molecular weight is 346 g/mol. The molecular weight excluding hydrogens is 320 g/mol. The van der Waals surface area contributed by atoms with Crippen molar-refractivity contribution in [2.45, 2.75) is 38.8 Å². The van der Waals surface area contributed by atoms with Crippen molar-refractivity contribution in [3.05, 3.63) is 24.3 Å². The van der Waals surface area contributed by atoms with E-state index in [-0.39, 0.29) is 18.0 Å². The number of nitrogens with one attached hydrogen (secondary N) is 2. The molecule has 2 fully saturated rings. The van der Waals surface area contributed by atoms with E-state index >= 15 is 0 Å². The number of urea groups is 1. The minimum Gasteiger partial charge on any atom is -0.378 e. The van der Waals surface area contributed by atoms with Crippen LogP contribution in [0.15, 0.2) is 24.3 Å². The van der Waals surface area contributed by atoms with Crippen LogP contribution in [0.25, 0.3) is 0 Å². The fourth-order valence-electron chi connectivity index (χ4n) is 3.53. The molecule has 7 nitrogen and oxygen atoms in total.